The molecule has 0 aliphatic carbocycles. The standard InChI is InChI=1S/C14H21NO6/c1-19-4-5-20-6-7-21-14(18)11(15)8-10-2-3-12(16)13(17)9-10/h2-3,9,11,16-17H,4-8,15H2,1H3. The van der Waals surface area contributed by atoms with Gasteiger partial charge in [0.2, 0.25) is 0 Å². The molecule has 0 fully saturated rings. The molecule has 0 aromatic heterocycles. The Morgan fingerprint density at radius 2 is 1.90 bits per heavy atom. The van der Waals surface area contributed by atoms with Gasteiger partial charge in [-0.25, -0.2) is 0 Å². The lowest BCUT2D eigenvalue weighted by atomic mass is 10.1. The van der Waals surface area contributed by atoms with Crippen molar-refractivity contribution in [1.82, 2.24) is 0 Å². The molecule has 0 bridgehead atoms. The Bertz CT molecular complexity index is 451. The zero-order valence-corrected chi connectivity index (χ0v) is 11.9. The van der Waals surface area contributed by atoms with Gasteiger partial charge in [0, 0.05) is 7.11 Å². The first-order chi connectivity index (χ1) is 10.0. The van der Waals surface area contributed by atoms with Gasteiger partial charge in [-0.1, -0.05) is 6.07 Å². The molecule has 1 rings (SSSR count). The molecular weight excluding hydrogens is 278 g/mol. The molecule has 0 saturated carbocycles. The second kappa shape index (κ2) is 9.17. The fourth-order valence-corrected chi connectivity index (χ4v) is 1.59. The first kappa shape index (κ1) is 17.2. The van der Waals surface area contributed by atoms with Crippen molar-refractivity contribution in [2.45, 2.75) is 12.5 Å². The van der Waals surface area contributed by atoms with Crippen LogP contribution in [0.2, 0.25) is 0 Å². The fraction of sp³-hybridized carbons (Fsp3) is 0.500. The van der Waals surface area contributed by atoms with E-state index in [9.17, 15) is 15.0 Å². The smallest absolute Gasteiger partial charge is 0.323 e. The van der Waals surface area contributed by atoms with Gasteiger partial charge in [-0.3, -0.25) is 4.79 Å². The predicted molar refractivity (Wildman–Crippen MR) is 75.1 cm³/mol. The summed E-state index contributed by atoms with van der Waals surface area (Å²) in [6.45, 7) is 1.32. The van der Waals surface area contributed by atoms with Crippen LogP contribution < -0.4 is 5.73 Å². The van der Waals surface area contributed by atoms with Gasteiger partial charge < -0.3 is 30.2 Å². The van der Waals surface area contributed by atoms with Gasteiger partial charge >= 0.3 is 5.97 Å². The Morgan fingerprint density at radius 3 is 2.57 bits per heavy atom. The number of ether oxygens (including phenoxy) is 3. The summed E-state index contributed by atoms with van der Waals surface area (Å²) in [5.74, 6) is -1.01. The average molecular weight is 299 g/mol. The molecule has 7 heteroatoms. The third-order valence-electron chi connectivity index (χ3n) is 2.70. The van der Waals surface area contributed by atoms with Crippen LogP contribution in [0.1, 0.15) is 5.56 Å². The van der Waals surface area contributed by atoms with E-state index >= 15 is 0 Å². The summed E-state index contributed by atoms with van der Waals surface area (Å²) in [5, 5.41) is 18.6. The number of benzene rings is 1. The van der Waals surface area contributed by atoms with Crippen LogP contribution in [0.25, 0.3) is 0 Å². The van der Waals surface area contributed by atoms with Gasteiger partial charge in [0.1, 0.15) is 12.6 Å². The van der Waals surface area contributed by atoms with Crippen molar-refractivity contribution in [2.75, 3.05) is 33.5 Å². The maximum Gasteiger partial charge on any atom is 0.323 e. The normalized spacial score (nSPS) is 12.1. The van der Waals surface area contributed by atoms with Crippen LogP contribution in [0.3, 0.4) is 0 Å². The highest BCUT2D eigenvalue weighted by atomic mass is 16.6. The second-order valence-corrected chi connectivity index (χ2v) is 4.41. The topological polar surface area (TPSA) is 111 Å². The predicted octanol–water partition coefficient (Wildman–Crippen LogP) is 0.174. The molecule has 0 aliphatic heterocycles. The molecule has 1 aromatic carbocycles. The second-order valence-electron chi connectivity index (χ2n) is 4.41. The number of phenols is 2. The first-order valence-corrected chi connectivity index (χ1v) is 6.54. The molecule has 1 unspecified atom stereocenters. The van der Waals surface area contributed by atoms with E-state index in [0.29, 0.717) is 18.8 Å². The number of hydrogen-bond donors (Lipinski definition) is 3. The molecule has 21 heavy (non-hydrogen) atoms. The van der Waals surface area contributed by atoms with E-state index in [1.54, 1.807) is 13.2 Å². The van der Waals surface area contributed by atoms with Crippen LogP contribution in [0, 0.1) is 0 Å². The fourth-order valence-electron chi connectivity index (χ4n) is 1.59. The van der Waals surface area contributed by atoms with Crippen LogP contribution >= 0.6 is 0 Å². The molecule has 4 N–H and O–H groups in total. The van der Waals surface area contributed by atoms with E-state index in [2.05, 4.69) is 0 Å². The first-order valence-electron chi connectivity index (χ1n) is 6.54. The number of methoxy groups -OCH3 is 1. The lowest BCUT2D eigenvalue weighted by Crippen LogP contribution is -2.35. The summed E-state index contributed by atoms with van der Waals surface area (Å²) in [6.07, 6.45) is 0.206. The largest absolute Gasteiger partial charge is 0.504 e. The van der Waals surface area contributed by atoms with Crippen LogP contribution in [0.5, 0.6) is 11.5 Å². The molecule has 0 saturated heterocycles. The van der Waals surface area contributed by atoms with Crippen molar-refractivity contribution < 1.29 is 29.2 Å². The molecule has 1 atom stereocenters. The van der Waals surface area contributed by atoms with E-state index in [0.717, 1.165) is 0 Å². The minimum Gasteiger partial charge on any atom is -0.504 e. The van der Waals surface area contributed by atoms with Crippen molar-refractivity contribution >= 4 is 5.97 Å². The Morgan fingerprint density at radius 1 is 1.19 bits per heavy atom. The Balaban J connectivity index is 2.29. The van der Waals surface area contributed by atoms with Crippen molar-refractivity contribution in [2.24, 2.45) is 5.73 Å². The van der Waals surface area contributed by atoms with E-state index in [4.69, 9.17) is 19.9 Å². The van der Waals surface area contributed by atoms with Gasteiger partial charge in [0.15, 0.2) is 11.5 Å². The molecule has 118 valence electrons. The van der Waals surface area contributed by atoms with E-state index < -0.39 is 12.0 Å². The summed E-state index contributed by atoms with van der Waals surface area (Å²) < 4.78 is 14.9. The quantitative estimate of drug-likeness (QED) is 0.338. The Kier molecular flexibility index (Phi) is 7.52. The molecule has 0 aliphatic rings. The van der Waals surface area contributed by atoms with Crippen molar-refractivity contribution in [3.05, 3.63) is 23.8 Å². The van der Waals surface area contributed by atoms with Crippen LogP contribution in [0.15, 0.2) is 18.2 Å². The lowest BCUT2D eigenvalue weighted by molar-refractivity contribution is -0.146. The van der Waals surface area contributed by atoms with Crippen molar-refractivity contribution in [1.29, 1.82) is 0 Å². The molecule has 0 amide bonds. The molecule has 0 heterocycles. The average Bonchev–Trinajstić information content (AvgIpc) is 2.46. The number of rotatable bonds is 9. The zero-order chi connectivity index (χ0) is 15.7. The van der Waals surface area contributed by atoms with Gasteiger partial charge in [-0.15, -0.1) is 0 Å². The van der Waals surface area contributed by atoms with Gasteiger partial charge in [-0.2, -0.15) is 0 Å². The summed E-state index contributed by atoms with van der Waals surface area (Å²) in [5.41, 5.74) is 6.35. The number of nitrogens with two attached hydrogens (primary N) is 1. The minimum absolute atomic E-state index is 0.122. The number of carbonyl (C=O) groups is 1. The summed E-state index contributed by atoms with van der Waals surface area (Å²) in [4.78, 5) is 11.6. The summed E-state index contributed by atoms with van der Waals surface area (Å²) >= 11 is 0. The van der Waals surface area contributed by atoms with Crippen LogP contribution in [-0.4, -0.2) is 55.8 Å². The molecule has 0 radical (unpaired) electrons. The SMILES string of the molecule is COCCOCCOC(=O)C(N)Cc1ccc(O)c(O)c1. The third-order valence-corrected chi connectivity index (χ3v) is 2.70. The van der Waals surface area contributed by atoms with Crippen molar-refractivity contribution in [3.8, 4) is 11.5 Å². The molecular formula is C14H21NO6. The highest BCUT2D eigenvalue weighted by Gasteiger charge is 2.16. The molecule has 0 spiro atoms. The number of hydrogen-bond acceptors (Lipinski definition) is 7. The monoisotopic (exact) mass is 299 g/mol. The number of phenolic OH excluding ortho intramolecular Hbond substituents is 2. The molecule has 1 aromatic rings. The summed E-state index contributed by atoms with van der Waals surface area (Å²) in [6, 6.07) is 3.44. The number of aromatic hydroxyl groups is 2. The van der Waals surface area contributed by atoms with E-state index in [1.807, 2.05) is 0 Å². The maximum atomic E-state index is 11.6. The minimum atomic E-state index is -0.840. The van der Waals surface area contributed by atoms with E-state index in [-0.39, 0.29) is 31.1 Å². The van der Waals surface area contributed by atoms with E-state index in [1.165, 1.54) is 12.1 Å². The highest BCUT2D eigenvalue weighted by Crippen LogP contribution is 2.25. The highest BCUT2D eigenvalue weighted by molar-refractivity contribution is 5.75. The van der Waals surface area contributed by atoms with Crippen LogP contribution in [0.4, 0.5) is 0 Å². The lowest BCUT2D eigenvalue weighted by Gasteiger charge is -2.12. The zero-order valence-electron chi connectivity index (χ0n) is 11.9. The molecule has 7 nitrogen and oxygen atoms in total. The Labute approximate surface area is 123 Å². The van der Waals surface area contributed by atoms with Crippen LogP contribution in [-0.2, 0) is 25.4 Å². The Hall–Kier alpha value is -1.83. The van der Waals surface area contributed by atoms with Gasteiger partial charge in [0.05, 0.1) is 19.8 Å². The van der Waals surface area contributed by atoms with Gasteiger partial charge in [0.25, 0.3) is 0 Å². The van der Waals surface area contributed by atoms with Crippen molar-refractivity contribution in [3.63, 3.8) is 0 Å². The maximum absolute atomic E-state index is 11.6. The number of esters is 1. The third kappa shape index (κ3) is 6.44. The summed E-state index contributed by atoms with van der Waals surface area (Å²) in [7, 11) is 1.57. The van der Waals surface area contributed by atoms with Gasteiger partial charge in [-0.05, 0) is 24.1 Å². The number of carbonyl (C=O) groups excluding carboxylic acids is 1.